The summed E-state index contributed by atoms with van der Waals surface area (Å²) < 4.78 is 5.80. The number of carbonyl (C=O) groups is 1. The normalized spacial score (nSPS) is 21.6. The first kappa shape index (κ1) is 17.9. The number of hydrogen-bond acceptors (Lipinski definition) is 7. The first-order valence-electron chi connectivity index (χ1n) is 8.95. The first-order chi connectivity index (χ1) is 12.1. The molecule has 0 aromatic carbocycles. The van der Waals surface area contributed by atoms with E-state index in [0.29, 0.717) is 19.7 Å². The van der Waals surface area contributed by atoms with Crippen molar-refractivity contribution in [3.63, 3.8) is 0 Å². The molecule has 8 heteroatoms. The second kappa shape index (κ2) is 8.44. The maximum absolute atomic E-state index is 10.8. The van der Waals surface area contributed by atoms with Gasteiger partial charge in [0.05, 0.1) is 19.3 Å². The van der Waals surface area contributed by atoms with Crippen LogP contribution in [0.3, 0.4) is 0 Å². The van der Waals surface area contributed by atoms with Crippen molar-refractivity contribution in [2.45, 2.75) is 25.4 Å². The number of hydrogen-bond donors (Lipinski definition) is 1. The lowest BCUT2D eigenvalue weighted by Crippen LogP contribution is -2.48. The van der Waals surface area contributed by atoms with Crippen molar-refractivity contribution in [2.75, 3.05) is 62.7 Å². The molecule has 138 valence electrons. The summed E-state index contributed by atoms with van der Waals surface area (Å²) in [5, 5.41) is 8.88. The molecule has 25 heavy (non-hydrogen) atoms. The molecule has 1 unspecified atom stereocenters. The molecule has 1 atom stereocenters. The largest absolute Gasteiger partial charge is 0.480 e. The van der Waals surface area contributed by atoms with Gasteiger partial charge in [-0.15, -0.1) is 0 Å². The van der Waals surface area contributed by atoms with E-state index in [1.807, 2.05) is 0 Å². The Bertz CT molecular complexity index is 579. The SMILES string of the molecule is CN(CC(=O)O)CC1CN(c2cc(N3CCCCC3)ncn2)CCO1. The second-order valence-corrected chi connectivity index (χ2v) is 6.81. The number of aliphatic carboxylic acids is 1. The number of nitrogens with zero attached hydrogens (tertiary/aromatic N) is 5. The molecule has 0 radical (unpaired) electrons. The molecule has 3 heterocycles. The fraction of sp³-hybridized carbons (Fsp3) is 0.706. The lowest BCUT2D eigenvalue weighted by atomic mass is 10.1. The Morgan fingerprint density at radius 3 is 2.68 bits per heavy atom. The molecule has 1 aromatic rings. The standard InChI is InChI=1S/C17H27N5O3/c1-20(12-17(23)24)10-14-11-22(7-8-25-14)16-9-15(18-13-19-16)21-5-3-2-4-6-21/h9,13-14H,2-8,10-12H2,1H3,(H,23,24). The Balaban J connectivity index is 1.62. The van der Waals surface area contributed by atoms with Crippen LogP contribution >= 0.6 is 0 Å². The van der Waals surface area contributed by atoms with E-state index >= 15 is 0 Å². The predicted octanol–water partition coefficient (Wildman–Crippen LogP) is 0.689. The van der Waals surface area contributed by atoms with Gasteiger partial charge >= 0.3 is 5.97 Å². The van der Waals surface area contributed by atoms with E-state index in [9.17, 15) is 4.79 Å². The van der Waals surface area contributed by atoms with Crippen molar-refractivity contribution in [1.29, 1.82) is 0 Å². The van der Waals surface area contributed by atoms with Crippen LogP contribution in [-0.4, -0.2) is 85.0 Å². The Hall–Kier alpha value is -1.93. The van der Waals surface area contributed by atoms with E-state index in [1.54, 1.807) is 18.3 Å². The molecule has 0 spiro atoms. The van der Waals surface area contributed by atoms with Gasteiger partial charge in [-0.3, -0.25) is 9.69 Å². The fourth-order valence-corrected chi connectivity index (χ4v) is 3.49. The third-order valence-corrected chi connectivity index (χ3v) is 4.70. The van der Waals surface area contributed by atoms with Crippen molar-refractivity contribution in [3.05, 3.63) is 12.4 Å². The maximum Gasteiger partial charge on any atom is 0.317 e. The monoisotopic (exact) mass is 349 g/mol. The first-order valence-corrected chi connectivity index (χ1v) is 8.95. The Morgan fingerprint density at radius 1 is 1.24 bits per heavy atom. The van der Waals surface area contributed by atoms with Crippen LogP contribution in [0.1, 0.15) is 19.3 Å². The molecule has 2 aliphatic rings. The van der Waals surface area contributed by atoms with Gasteiger partial charge in [-0.1, -0.05) is 0 Å². The van der Waals surface area contributed by atoms with Crippen molar-refractivity contribution in [3.8, 4) is 0 Å². The third kappa shape index (κ3) is 5.02. The summed E-state index contributed by atoms with van der Waals surface area (Å²) in [5.41, 5.74) is 0. The van der Waals surface area contributed by atoms with E-state index in [0.717, 1.165) is 31.3 Å². The highest BCUT2D eigenvalue weighted by Crippen LogP contribution is 2.22. The van der Waals surface area contributed by atoms with Gasteiger partial charge in [0.1, 0.15) is 18.0 Å². The smallest absolute Gasteiger partial charge is 0.317 e. The summed E-state index contributed by atoms with van der Waals surface area (Å²) in [5.74, 6) is 1.10. The quantitative estimate of drug-likeness (QED) is 0.803. The number of morpholine rings is 1. The van der Waals surface area contributed by atoms with E-state index in [1.165, 1.54) is 19.3 Å². The van der Waals surface area contributed by atoms with Gasteiger partial charge in [-0.2, -0.15) is 0 Å². The van der Waals surface area contributed by atoms with Gasteiger partial charge in [0, 0.05) is 38.8 Å². The molecule has 2 saturated heterocycles. The van der Waals surface area contributed by atoms with Crippen LogP contribution in [0.15, 0.2) is 12.4 Å². The van der Waals surface area contributed by atoms with Crippen molar-refractivity contribution in [2.24, 2.45) is 0 Å². The highest BCUT2D eigenvalue weighted by Gasteiger charge is 2.24. The topological polar surface area (TPSA) is 82.0 Å². The zero-order chi connectivity index (χ0) is 17.6. The zero-order valence-corrected chi connectivity index (χ0v) is 14.8. The van der Waals surface area contributed by atoms with Crippen LogP contribution in [0.4, 0.5) is 11.6 Å². The Kier molecular flexibility index (Phi) is 6.04. The molecule has 0 amide bonds. The average Bonchev–Trinajstić information content (AvgIpc) is 2.62. The van der Waals surface area contributed by atoms with E-state index in [-0.39, 0.29) is 12.6 Å². The van der Waals surface area contributed by atoms with Gasteiger partial charge in [-0.25, -0.2) is 9.97 Å². The summed E-state index contributed by atoms with van der Waals surface area (Å²) in [7, 11) is 1.80. The predicted molar refractivity (Wildman–Crippen MR) is 95.2 cm³/mol. The summed E-state index contributed by atoms with van der Waals surface area (Å²) in [6.45, 7) is 4.84. The molecule has 2 aliphatic heterocycles. The molecule has 0 aliphatic carbocycles. The van der Waals surface area contributed by atoms with E-state index in [4.69, 9.17) is 9.84 Å². The number of aromatic nitrogens is 2. The van der Waals surface area contributed by atoms with Crippen molar-refractivity contribution in [1.82, 2.24) is 14.9 Å². The van der Waals surface area contributed by atoms with Gasteiger partial charge in [-0.05, 0) is 26.3 Å². The number of anilines is 2. The minimum Gasteiger partial charge on any atom is -0.480 e. The molecule has 1 N–H and O–H groups in total. The lowest BCUT2D eigenvalue weighted by molar-refractivity contribution is -0.138. The van der Waals surface area contributed by atoms with Crippen LogP contribution < -0.4 is 9.80 Å². The van der Waals surface area contributed by atoms with E-state index < -0.39 is 5.97 Å². The molecule has 3 rings (SSSR count). The molecular formula is C17H27N5O3. The Morgan fingerprint density at radius 2 is 1.96 bits per heavy atom. The van der Waals surface area contributed by atoms with Crippen molar-refractivity contribution < 1.29 is 14.6 Å². The van der Waals surface area contributed by atoms with Gasteiger partial charge < -0.3 is 19.6 Å². The lowest BCUT2D eigenvalue weighted by Gasteiger charge is -2.35. The van der Waals surface area contributed by atoms with E-state index in [2.05, 4.69) is 25.8 Å². The summed E-state index contributed by atoms with van der Waals surface area (Å²) in [6, 6.07) is 2.06. The number of carboxylic acids is 1. The highest BCUT2D eigenvalue weighted by atomic mass is 16.5. The number of rotatable bonds is 6. The molecule has 0 bridgehead atoms. The summed E-state index contributed by atoms with van der Waals surface area (Å²) >= 11 is 0. The third-order valence-electron chi connectivity index (χ3n) is 4.70. The van der Waals surface area contributed by atoms with Crippen LogP contribution in [-0.2, 0) is 9.53 Å². The van der Waals surface area contributed by atoms with Crippen LogP contribution in [0.2, 0.25) is 0 Å². The fourth-order valence-electron chi connectivity index (χ4n) is 3.49. The minimum atomic E-state index is -0.822. The van der Waals surface area contributed by atoms with Gasteiger partial charge in [0.15, 0.2) is 0 Å². The summed E-state index contributed by atoms with van der Waals surface area (Å²) in [4.78, 5) is 26.0. The van der Waals surface area contributed by atoms with Gasteiger partial charge in [0.25, 0.3) is 0 Å². The van der Waals surface area contributed by atoms with Crippen LogP contribution in [0, 0.1) is 0 Å². The van der Waals surface area contributed by atoms with Crippen LogP contribution in [0.5, 0.6) is 0 Å². The zero-order valence-electron chi connectivity index (χ0n) is 14.8. The number of likely N-dealkylation sites (N-methyl/N-ethyl adjacent to an activating group) is 1. The molecule has 0 saturated carbocycles. The molecule has 8 nitrogen and oxygen atoms in total. The highest BCUT2D eigenvalue weighted by molar-refractivity contribution is 5.69. The van der Waals surface area contributed by atoms with Crippen molar-refractivity contribution >= 4 is 17.6 Å². The maximum atomic E-state index is 10.8. The van der Waals surface area contributed by atoms with Gasteiger partial charge in [0.2, 0.25) is 0 Å². The second-order valence-electron chi connectivity index (χ2n) is 6.81. The Labute approximate surface area is 148 Å². The molecular weight excluding hydrogens is 322 g/mol. The number of ether oxygens (including phenoxy) is 1. The average molecular weight is 349 g/mol. The molecule has 1 aromatic heterocycles. The number of carboxylic acid groups (broad SMARTS) is 1. The number of piperidine rings is 1. The molecule has 2 fully saturated rings. The van der Waals surface area contributed by atoms with Crippen LogP contribution in [0.25, 0.3) is 0 Å². The minimum absolute atomic E-state index is 0.0203. The summed E-state index contributed by atoms with van der Waals surface area (Å²) in [6.07, 6.45) is 5.35.